The Morgan fingerprint density at radius 2 is 2.04 bits per heavy atom. The largest absolute Gasteiger partial charge is 0.468 e. The number of methoxy groups -OCH3 is 1. The van der Waals surface area contributed by atoms with Crippen LogP contribution in [-0.2, 0) is 20.9 Å². The van der Waals surface area contributed by atoms with Crippen LogP contribution in [-0.4, -0.2) is 35.8 Å². The lowest BCUT2D eigenvalue weighted by atomic mass is 9.70. The van der Waals surface area contributed by atoms with Gasteiger partial charge in [0.25, 0.3) is 0 Å². The molecule has 0 radical (unpaired) electrons. The summed E-state index contributed by atoms with van der Waals surface area (Å²) < 4.78 is 18.1. The van der Waals surface area contributed by atoms with E-state index in [1.807, 2.05) is 6.92 Å². The third-order valence-corrected chi connectivity index (χ3v) is 5.52. The molecule has 4 nitrogen and oxygen atoms in total. The first kappa shape index (κ1) is 16.1. The maximum absolute atomic E-state index is 13.1. The smallest absolute Gasteiger partial charge is 0.320 e. The number of benzene rings is 1. The number of Topliss-reactive ketones (excluding diaryl/α,β-unsaturated/α-hetero) is 1. The molecule has 0 aromatic heterocycles. The van der Waals surface area contributed by atoms with Crippen LogP contribution in [0, 0.1) is 11.2 Å². The molecule has 1 aromatic rings. The fourth-order valence-electron chi connectivity index (χ4n) is 4.32. The van der Waals surface area contributed by atoms with E-state index < -0.39 is 11.4 Å². The number of ether oxygens (including phenoxy) is 1. The van der Waals surface area contributed by atoms with Gasteiger partial charge in [-0.1, -0.05) is 19.1 Å². The summed E-state index contributed by atoms with van der Waals surface area (Å²) >= 11 is 0. The summed E-state index contributed by atoms with van der Waals surface area (Å²) in [4.78, 5) is 27.4. The van der Waals surface area contributed by atoms with Crippen molar-refractivity contribution in [2.24, 2.45) is 5.41 Å². The average Bonchev–Trinajstić information content (AvgIpc) is 2.86. The van der Waals surface area contributed by atoms with E-state index in [1.54, 1.807) is 12.1 Å². The Kier molecular flexibility index (Phi) is 4.23. The molecule has 0 spiro atoms. The Labute approximate surface area is 135 Å². The summed E-state index contributed by atoms with van der Waals surface area (Å²) in [5.41, 5.74) is -0.0607. The van der Waals surface area contributed by atoms with Gasteiger partial charge in [0.2, 0.25) is 0 Å². The third-order valence-electron chi connectivity index (χ3n) is 5.52. The van der Waals surface area contributed by atoms with Crippen LogP contribution in [0.3, 0.4) is 0 Å². The standard InChI is InChI=1S/C18H22FNO3/c1-3-18(17(22)23-2)15-9-8-14(10-16(18)21)20(15)11-12-4-6-13(19)7-5-12/h4-7,14-15H,3,8-11H2,1-2H3. The normalized spacial score (nSPS) is 30.5. The Bertz CT molecular complexity index is 615. The number of fused-ring (bicyclic) bond motifs is 2. The van der Waals surface area contributed by atoms with Crippen LogP contribution in [0.15, 0.2) is 24.3 Å². The second kappa shape index (κ2) is 6.04. The molecule has 3 rings (SSSR count). The van der Waals surface area contributed by atoms with Gasteiger partial charge in [-0.15, -0.1) is 0 Å². The zero-order chi connectivity index (χ0) is 16.6. The van der Waals surface area contributed by atoms with Crippen molar-refractivity contribution in [3.8, 4) is 0 Å². The molecule has 3 atom stereocenters. The van der Waals surface area contributed by atoms with E-state index >= 15 is 0 Å². The molecule has 124 valence electrons. The number of hydrogen-bond acceptors (Lipinski definition) is 4. The van der Waals surface area contributed by atoms with Gasteiger partial charge >= 0.3 is 5.97 Å². The topological polar surface area (TPSA) is 46.6 Å². The Morgan fingerprint density at radius 3 is 2.65 bits per heavy atom. The number of piperidine rings is 1. The summed E-state index contributed by atoms with van der Waals surface area (Å²) in [5, 5.41) is 0. The summed E-state index contributed by atoms with van der Waals surface area (Å²) in [7, 11) is 1.35. The number of ketones is 1. The van der Waals surface area contributed by atoms with E-state index in [0.717, 1.165) is 18.4 Å². The molecule has 3 unspecified atom stereocenters. The highest BCUT2D eigenvalue weighted by molar-refractivity contribution is 6.05. The van der Waals surface area contributed by atoms with E-state index in [4.69, 9.17) is 4.74 Å². The Morgan fingerprint density at radius 1 is 1.35 bits per heavy atom. The summed E-state index contributed by atoms with van der Waals surface area (Å²) in [6.45, 7) is 2.51. The molecule has 5 heteroatoms. The van der Waals surface area contributed by atoms with Crippen LogP contribution in [0.5, 0.6) is 0 Å². The maximum atomic E-state index is 13.1. The van der Waals surface area contributed by atoms with Crippen LogP contribution in [0.4, 0.5) is 4.39 Å². The molecule has 0 aliphatic carbocycles. The second-order valence-electron chi connectivity index (χ2n) is 6.49. The monoisotopic (exact) mass is 319 g/mol. The molecule has 0 saturated carbocycles. The zero-order valence-electron chi connectivity index (χ0n) is 13.5. The minimum Gasteiger partial charge on any atom is -0.468 e. The van der Waals surface area contributed by atoms with Gasteiger partial charge in [-0.05, 0) is 37.0 Å². The number of halogens is 1. The maximum Gasteiger partial charge on any atom is 0.320 e. The highest BCUT2D eigenvalue weighted by Crippen LogP contribution is 2.47. The van der Waals surface area contributed by atoms with Gasteiger partial charge < -0.3 is 4.74 Å². The molecule has 0 N–H and O–H groups in total. The fourth-order valence-corrected chi connectivity index (χ4v) is 4.32. The molecule has 0 amide bonds. The highest BCUT2D eigenvalue weighted by Gasteiger charge is 2.60. The van der Waals surface area contributed by atoms with Crippen molar-refractivity contribution in [3.05, 3.63) is 35.6 Å². The van der Waals surface area contributed by atoms with Crippen molar-refractivity contribution in [3.63, 3.8) is 0 Å². The molecule has 2 aliphatic rings. The van der Waals surface area contributed by atoms with Crippen molar-refractivity contribution >= 4 is 11.8 Å². The van der Waals surface area contributed by atoms with Crippen LogP contribution in [0.25, 0.3) is 0 Å². The van der Waals surface area contributed by atoms with Crippen LogP contribution in [0.2, 0.25) is 0 Å². The molecule has 2 saturated heterocycles. The lowest BCUT2D eigenvalue weighted by molar-refractivity contribution is -0.167. The minimum atomic E-state index is -1.05. The molecule has 2 heterocycles. The zero-order valence-corrected chi connectivity index (χ0v) is 13.5. The number of nitrogens with zero attached hydrogens (tertiary/aromatic N) is 1. The van der Waals surface area contributed by atoms with Gasteiger partial charge in [-0.2, -0.15) is 0 Å². The molecule has 2 aliphatic heterocycles. The average molecular weight is 319 g/mol. The molecule has 23 heavy (non-hydrogen) atoms. The summed E-state index contributed by atoms with van der Waals surface area (Å²) in [5.74, 6) is -0.669. The number of carbonyl (C=O) groups excluding carboxylic acids is 2. The summed E-state index contributed by atoms with van der Waals surface area (Å²) in [6.07, 6.45) is 2.58. The molecule has 2 bridgehead atoms. The quantitative estimate of drug-likeness (QED) is 0.632. The van der Waals surface area contributed by atoms with Gasteiger partial charge in [0.15, 0.2) is 5.78 Å². The molecular weight excluding hydrogens is 297 g/mol. The van der Waals surface area contributed by atoms with Crippen LogP contribution < -0.4 is 0 Å². The number of esters is 1. The van der Waals surface area contributed by atoms with E-state index in [9.17, 15) is 14.0 Å². The van der Waals surface area contributed by atoms with Crippen molar-refractivity contribution in [2.45, 2.75) is 51.2 Å². The predicted molar refractivity (Wildman–Crippen MR) is 83.1 cm³/mol. The molecular formula is C18H22FNO3. The van der Waals surface area contributed by atoms with Crippen LogP contribution >= 0.6 is 0 Å². The van der Waals surface area contributed by atoms with Crippen molar-refractivity contribution in [2.75, 3.05) is 7.11 Å². The molecule has 2 fully saturated rings. The van der Waals surface area contributed by atoms with Gasteiger partial charge in [0, 0.05) is 25.0 Å². The van der Waals surface area contributed by atoms with E-state index in [1.165, 1.54) is 19.2 Å². The first-order valence-electron chi connectivity index (χ1n) is 8.14. The SMILES string of the molecule is CCC1(C(=O)OC)C(=O)CC2CCC1N2Cc1ccc(F)cc1. The van der Waals surface area contributed by atoms with Gasteiger partial charge in [0.05, 0.1) is 7.11 Å². The highest BCUT2D eigenvalue weighted by atomic mass is 19.1. The third kappa shape index (κ3) is 2.47. The molecule has 1 aromatic carbocycles. The first-order valence-corrected chi connectivity index (χ1v) is 8.14. The predicted octanol–water partition coefficient (Wildman–Crippen LogP) is 2.70. The van der Waals surface area contributed by atoms with Crippen LogP contribution in [0.1, 0.15) is 38.2 Å². The van der Waals surface area contributed by atoms with Gasteiger partial charge in [0.1, 0.15) is 11.2 Å². The minimum absolute atomic E-state index is 0.00899. The Balaban J connectivity index is 1.92. The van der Waals surface area contributed by atoms with Crippen molar-refractivity contribution in [1.82, 2.24) is 4.90 Å². The van der Waals surface area contributed by atoms with E-state index in [0.29, 0.717) is 19.4 Å². The lowest BCUT2D eigenvalue weighted by Crippen LogP contribution is -2.59. The van der Waals surface area contributed by atoms with E-state index in [2.05, 4.69) is 4.90 Å². The number of carbonyl (C=O) groups is 2. The summed E-state index contributed by atoms with van der Waals surface area (Å²) in [6, 6.07) is 6.45. The van der Waals surface area contributed by atoms with Gasteiger partial charge in [-0.25, -0.2) is 4.39 Å². The Hall–Kier alpha value is -1.75. The number of hydrogen-bond donors (Lipinski definition) is 0. The lowest BCUT2D eigenvalue weighted by Gasteiger charge is -2.45. The van der Waals surface area contributed by atoms with E-state index in [-0.39, 0.29) is 23.7 Å². The fraction of sp³-hybridized carbons (Fsp3) is 0.556. The first-order chi connectivity index (χ1) is 11.0. The van der Waals surface area contributed by atoms with Crippen molar-refractivity contribution in [1.29, 1.82) is 0 Å². The number of rotatable bonds is 4. The second-order valence-corrected chi connectivity index (χ2v) is 6.49. The van der Waals surface area contributed by atoms with Crippen molar-refractivity contribution < 1.29 is 18.7 Å². The van der Waals surface area contributed by atoms with Gasteiger partial charge in [-0.3, -0.25) is 14.5 Å².